The Kier molecular flexibility index (Phi) is 3.96. The van der Waals surface area contributed by atoms with Crippen LogP contribution < -0.4 is 20.0 Å². The molecular weight excluding hydrogens is 334 g/mol. The molecule has 138 valence electrons. The fraction of sp³-hybridized carbons (Fsp3) is 0.333. The first-order valence-corrected chi connectivity index (χ1v) is 9.83. The number of nitrogens with one attached hydrogen (secondary N) is 1. The van der Waals surface area contributed by atoms with E-state index in [1.165, 1.54) is 31.1 Å². The van der Waals surface area contributed by atoms with Gasteiger partial charge < -0.3 is 14.5 Å². The average Bonchev–Trinajstić information content (AvgIpc) is 3.37. The van der Waals surface area contributed by atoms with Gasteiger partial charge in [-0.25, -0.2) is 0 Å². The topological polar surface area (TPSA) is 34.2 Å². The second-order valence-electron chi connectivity index (χ2n) is 7.95. The van der Waals surface area contributed by atoms with Gasteiger partial charge in [0.2, 0.25) is 0 Å². The maximum atomic E-state index is 6.44. The predicted molar refractivity (Wildman–Crippen MR) is 109 cm³/mol. The van der Waals surface area contributed by atoms with Crippen LogP contribution in [0.15, 0.2) is 42.5 Å². The lowest BCUT2D eigenvalue weighted by Gasteiger charge is -2.24. The standard InChI is InChI=1S/C24H25NO2/c1-15-20(19-5-3-4-6-21(19)25-15)12-17-8-10-22(26-2)24(14-17)27-23-13-16-7-9-18(23)11-16/h3-6,8,10,12,14,16,18,23,25H,1,7,9,11,13H2,2H3/b20-12-. The van der Waals surface area contributed by atoms with Crippen LogP contribution in [0, 0.1) is 11.8 Å². The molecule has 3 aromatic rings. The van der Waals surface area contributed by atoms with Gasteiger partial charge in [-0.1, -0.05) is 30.8 Å². The summed E-state index contributed by atoms with van der Waals surface area (Å²) < 4.78 is 12.0. The lowest BCUT2D eigenvalue weighted by atomic mass is 9.97. The smallest absolute Gasteiger partial charge is 0.162 e. The number of aromatic amines is 1. The molecule has 2 saturated carbocycles. The number of fused-ring (bicyclic) bond motifs is 3. The van der Waals surface area contributed by atoms with Crippen molar-refractivity contribution in [3.05, 3.63) is 58.6 Å². The van der Waals surface area contributed by atoms with E-state index in [2.05, 4.69) is 48.0 Å². The van der Waals surface area contributed by atoms with Gasteiger partial charge in [0, 0.05) is 21.5 Å². The van der Waals surface area contributed by atoms with Crippen LogP contribution in [0.3, 0.4) is 0 Å². The number of H-pyrrole nitrogens is 1. The minimum Gasteiger partial charge on any atom is -0.493 e. The number of rotatable bonds is 4. The number of ether oxygens (including phenoxy) is 2. The fourth-order valence-corrected chi connectivity index (χ4v) is 4.92. The highest BCUT2D eigenvalue weighted by Gasteiger charge is 2.41. The molecule has 3 unspecified atom stereocenters. The van der Waals surface area contributed by atoms with Crippen molar-refractivity contribution in [1.82, 2.24) is 4.98 Å². The van der Waals surface area contributed by atoms with Crippen molar-refractivity contribution in [1.29, 1.82) is 0 Å². The van der Waals surface area contributed by atoms with E-state index in [4.69, 9.17) is 9.47 Å². The Bertz CT molecular complexity index is 1100. The highest BCUT2D eigenvalue weighted by Crippen LogP contribution is 2.46. The van der Waals surface area contributed by atoms with Crippen LogP contribution in [0.4, 0.5) is 0 Å². The van der Waals surface area contributed by atoms with E-state index in [0.29, 0.717) is 12.0 Å². The molecule has 0 spiro atoms. The number of aromatic nitrogens is 1. The summed E-state index contributed by atoms with van der Waals surface area (Å²) in [5, 5.41) is 3.25. The van der Waals surface area contributed by atoms with E-state index in [1.807, 2.05) is 12.1 Å². The lowest BCUT2D eigenvalue weighted by Crippen LogP contribution is -2.23. The normalized spacial score (nSPS) is 24.6. The molecule has 1 aromatic heterocycles. The largest absolute Gasteiger partial charge is 0.493 e. The summed E-state index contributed by atoms with van der Waals surface area (Å²) in [5.74, 6) is 3.24. The van der Waals surface area contributed by atoms with Crippen LogP contribution in [0.25, 0.3) is 23.6 Å². The maximum absolute atomic E-state index is 6.44. The van der Waals surface area contributed by atoms with Crippen molar-refractivity contribution in [2.45, 2.75) is 31.8 Å². The third-order valence-corrected chi connectivity index (χ3v) is 6.28. The number of hydrogen-bond acceptors (Lipinski definition) is 2. The fourth-order valence-electron chi connectivity index (χ4n) is 4.92. The molecule has 2 aromatic carbocycles. The van der Waals surface area contributed by atoms with Crippen molar-refractivity contribution in [3.8, 4) is 11.5 Å². The van der Waals surface area contributed by atoms with Gasteiger partial charge in [0.05, 0.1) is 7.11 Å². The molecule has 0 saturated heterocycles. The van der Waals surface area contributed by atoms with Crippen LogP contribution in [0.5, 0.6) is 11.5 Å². The summed E-state index contributed by atoms with van der Waals surface area (Å²) in [7, 11) is 1.71. The molecule has 1 heterocycles. The molecule has 3 atom stereocenters. The van der Waals surface area contributed by atoms with Crippen molar-refractivity contribution in [2.75, 3.05) is 7.11 Å². The Morgan fingerprint density at radius 1 is 1.07 bits per heavy atom. The SMILES string of the molecule is C=c1[nH]c2ccccc2/c1=C\c1ccc(OC)c(OC2CC3CCC2C3)c1. The summed E-state index contributed by atoms with van der Waals surface area (Å²) in [6.45, 7) is 4.18. The van der Waals surface area contributed by atoms with Crippen LogP contribution in [0.1, 0.15) is 31.2 Å². The Morgan fingerprint density at radius 3 is 2.74 bits per heavy atom. The zero-order valence-electron chi connectivity index (χ0n) is 15.7. The lowest BCUT2D eigenvalue weighted by molar-refractivity contribution is 0.133. The summed E-state index contributed by atoms with van der Waals surface area (Å²) in [5.41, 5.74) is 2.21. The van der Waals surface area contributed by atoms with Gasteiger partial charge in [0.15, 0.2) is 11.5 Å². The maximum Gasteiger partial charge on any atom is 0.162 e. The molecule has 0 aliphatic heterocycles. The highest BCUT2D eigenvalue weighted by molar-refractivity contribution is 5.82. The minimum atomic E-state index is 0.337. The molecule has 3 heteroatoms. The van der Waals surface area contributed by atoms with E-state index in [-0.39, 0.29) is 0 Å². The van der Waals surface area contributed by atoms with Crippen LogP contribution in [0.2, 0.25) is 0 Å². The second kappa shape index (κ2) is 6.49. The molecule has 5 rings (SSSR count). The first kappa shape index (κ1) is 16.5. The van der Waals surface area contributed by atoms with Gasteiger partial charge in [-0.05, 0) is 67.4 Å². The summed E-state index contributed by atoms with van der Waals surface area (Å²) in [6, 6.07) is 14.5. The Morgan fingerprint density at radius 2 is 1.96 bits per heavy atom. The summed E-state index contributed by atoms with van der Waals surface area (Å²) in [4.78, 5) is 3.36. The van der Waals surface area contributed by atoms with Crippen molar-refractivity contribution >= 4 is 23.6 Å². The van der Waals surface area contributed by atoms with Crippen molar-refractivity contribution < 1.29 is 9.47 Å². The van der Waals surface area contributed by atoms with Crippen LogP contribution in [-0.4, -0.2) is 18.2 Å². The average molecular weight is 359 g/mol. The third kappa shape index (κ3) is 2.91. The minimum absolute atomic E-state index is 0.337. The Balaban J connectivity index is 1.53. The number of para-hydroxylation sites is 1. The molecule has 2 aliphatic carbocycles. The third-order valence-electron chi connectivity index (χ3n) is 6.28. The molecule has 3 nitrogen and oxygen atoms in total. The van der Waals surface area contributed by atoms with Gasteiger partial charge in [0.25, 0.3) is 0 Å². The van der Waals surface area contributed by atoms with E-state index in [0.717, 1.165) is 39.1 Å². The van der Waals surface area contributed by atoms with Gasteiger partial charge in [-0.2, -0.15) is 0 Å². The van der Waals surface area contributed by atoms with Gasteiger partial charge in [0.1, 0.15) is 6.10 Å². The first-order chi connectivity index (χ1) is 13.2. The monoisotopic (exact) mass is 359 g/mol. The number of hydrogen-bond donors (Lipinski definition) is 1. The first-order valence-electron chi connectivity index (χ1n) is 9.83. The highest BCUT2D eigenvalue weighted by atomic mass is 16.5. The molecule has 2 fully saturated rings. The van der Waals surface area contributed by atoms with Gasteiger partial charge >= 0.3 is 0 Å². The van der Waals surface area contributed by atoms with E-state index in [1.54, 1.807) is 7.11 Å². The molecule has 27 heavy (non-hydrogen) atoms. The Labute approximate surface area is 159 Å². The molecule has 0 radical (unpaired) electrons. The van der Waals surface area contributed by atoms with E-state index >= 15 is 0 Å². The van der Waals surface area contributed by atoms with Crippen LogP contribution in [-0.2, 0) is 0 Å². The molecule has 2 aliphatic rings. The molecule has 2 bridgehead atoms. The molecule has 0 amide bonds. The molecule has 1 N–H and O–H groups in total. The van der Waals surface area contributed by atoms with Gasteiger partial charge in [-0.3, -0.25) is 0 Å². The zero-order valence-corrected chi connectivity index (χ0v) is 15.7. The van der Waals surface area contributed by atoms with E-state index in [9.17, 15) is 0 Å². The number of benzene rings is 2. The Hall–Kier alpha value is -2.68. The second-order valence-corrected chi connectivity index (χ2v) is 7.95. The van der Waals surface area contributed by atoms with Gasteiger partial charge in [-0.15, -0.1) is 0 Å². The van der Waals surface area contributed by atoms with Crippen molar-refractivity contribution in [2.24, 2.45) is 11.8 Å². The number of methoxy groups -OCH3 is 1. The van der Waals surface area contributed by atoms with Crippen molar-refractivity contribution in [3.63, 3.8) is 0 Å². The quantitative estimate of drug-likeness (QED) is 0.764. The van der Waals surface area contributed by atoms with E-state index < -0.39 is 0 Å². The van der Waals surface area contributed by atoms with Crippen LogP contribution >= 0.6 is 0 Å². The predicted octanol–water partition coefficient (Wildman–Crippen LogP) is 3.98. The summed E-state index contributed by atoms with van der Waals surface area (Å²) in [6.07, 6.45) is 7.72. The summed E-state index contributed by atoms with van der Waals surface area (Å²) >= 11 is 0. The molecular formula is C24H25NO2. The zero-order chi connectivity index (χ0) is 18.4.